The number of carbonyl (C=O) groups is 2. The van der Waals surface area contributed by atoms with Crippen LogP contribution in [0.3, 0.4) is 0 Å². The first-order chi connectivity index (χ1) is 9.45. The van der Waals surface area contributed by atoms with Gasteiger partial charge in [0.25, 0.3) is 0 Å². The minimum Gasteiger partial charge on any atom is -0.481 e. The van der Waals surface area contributed by atoms with Crippen LogP contribution in [0.5, 0.6) is 0 Å². The summed E-state index contributed by atoms with van der Waals surface area (Å²) < 4.78 is 0. The Bertz CT molecular complexity index is 474. The molecule has 5 heteroatoms. The van der Waals surface area contributed by atoms with Crippen LogP contribution < -0.4 is 0 Å². The second-order valence-electron chi connectivity index (χ2n) is 4.79. The van der Waals surface area contributed by atoms with Crippen molar-refractivity contribution >= 4 is 12.0 Å². The van der Waals surface area contributed by atoms with Crippen LogP contribution in [0.15, 0.2) is 24.3 Å². The van der Waals surface area contributed by atoms with E-state index in [0.29, 0.717) is 13.1 Å². The van der Waals surface area contributed by atoms with Gasteiger partial charge in [0.15, 0.2) is 0 Å². The summed E-state index contributed by atoms with van der Waals surface area (Å²) in [7, 11) is 1.73. The van der Waals surface area contributed by atoms with Crippen molar-refractivity contribution in [1.29, 1.82) is 0 Å². The maximum atomic E-state index is 12.3. The maximum absolute atomic E-state index is 12.3. The Hall–Kier alpha value is -2.04. The van der Waals surface area contributed by atoms with Gasteiger partial charge in [0.05, 0.1) is 6.42 Å². The van der Waals surface area contributed by atoms with E-state index < -0.39 is 5.97 Å². The SMILES string of the molecule is CCN(CCC(=O)O)C(=O)N(C)Cc1ccccc1C. The highest BCUT2D eigenvalue weighted by Gasteiger charge is 2.17. The lowest BCUT2D eigenvalue weighted by molar-refractivity contribution is -0.137. The summed E-state index contributed by atoms with van der Waals surface area (Å²) in [5.74, 6) is -0.891. The van der Waals surface area contributed by atoms with E-state index in [0.717, 1.165) is 11.1 Å². The van der Waals surface area contributed by atoms with Crippen LogP contribution in [-0.2, 0) is 11.3 Å². The van der Waals surface area contributed by atoms with E-state index in [4.69, 9.17) is 5.11 Å². The molecule has 1 aromatic rings. The Kier molecular flexibility index (Phi) is 6.03. The van der Waals surface area contributed by atoms with Crippen molar-refractivity contribution in [2.75, 3.05) is 20.1 Å². The molecule has 0 saturated carbocycles. The molecule has 0 saturated heterocycles. The molecule has 0 aliphatic carbocycles. The number of carboxylic acids is 1. The average molecular weight is 278 g/mol. The van der Waals surface area contributed by atoms with Crippen molar-refractivity contribution in [2.24, 2.45) is 0 Å². The molecular weight excluding hydrogens is 256 g/mol. The molecule has 2 amide bonds. The molecule has 110 valence electrons. The van der Waals surface area contributed by atoms with Crippen LogP contribution in [0.4, 0.5) is 4.79 Å². The molecule has 0 atom stereocenters. The Morgan fingerprint density at radius 1 is 1.25 bits per heavy atom. The number of amides is 2. The number of rotatable bonds is 6. The van der Waals surface area contributed by atoms with E-state index in [9.17, 15) is 9.59 Å². The third-order valence-corrected chi connectivity index (χ3v) is 3.24. The largest absolute Gasteiger partial charge is 0.481 e. The van der Waals surface area contributed by atoms with Gasteiger partial charge in [-0.05, 0) is 25.0 Å². The molecule has 1 rings (SSSR count). The van der Waals surface area contributed by atoms with Gasteiger partial charge in [-0.3, -0.25) is 4.79 Å². The van der Waals surface area contributed by atoms with Crippen molar-refractivity contribution in [3.05, 3.63) is 35.4 Å². The summed E-state index contributed by atoms with van der Waals surface area (Å²) in [6.45, 7) is 5.12. The van der Waals surface area contributed by atoms with E-state index in [1.807, 2.05) is 38.1 Å². The fraction of sp³-hybridized carbons (Fsp3) is 0.467. The lowest BCUT2D eigenvalue weighted by Crippen LogP contribution is -2.41. The zero-order valence-electron chi connectivity index (χ0n) is 12.3. The molecule has 0 radical (unpaired) electrons. The fourth-order valence-electron chi connectivity index (χ4n) is 1.97. The van der Waals surface area contributed by atoms with Crippen LogP contribution >= 0.6 is 0 Å². The van der Waals surface area contributed by atoms with Crippen LogP contribution in [0, 0.1) is 6.92 Å². The van der Waals surface area contributed by atoms with Crippen molar-refractivity contribution in [1.82, 2.24) is 9.80 Å². The van der Waals surface area contributed by atoms with Crippen LogP contribution in [0.25, 0.3) is 0 Å². The molecule has 0 unspecified atom stereocenters. The van der Waals surface area contributed by atoms with Gasteiger partial charge in [0.1, 0.15) is 0 Å². The van der Waals surface area contributed by atoms with E-state index in [1.165, 1.54) is 0 Å². The number of carboxylic acid groups (broad SMARTS) is 1. The number of hydrogen-bond donors (Lipinski definition) is 1. The monoisotopic (exact) mass is 278 g/mol. The van der Waals surface area contributed by atoms with Gasteiger partial charge >= 0.3 is 12.0 Å². The summed E-state index contributed by atoms with van der Waals surface area (Å²) in [6.07, 6.45) is -0.0300. The topological polar surface area (TPSA) is 60.9 Å². The second kappa shape index (κ2) is 7.53. The van der Waals surface area contributed by atoms with Crippen LogP contribution in [-0.4, -0.2) is 47.0 Å². The molecule has 0 spiro atoms. The molecule has 0 heterocycles. The van der Waals surface area contributed by atoms with Gasteiger partial charge in [0, 0.05) is 26.7 Å². The Morgan fingerprint density at radius 2 is 1.90 bits per heavy atom. The number of hydrogen-bond acceptors (Lipinski definition) is 2. The third-order valence-electron chi connectivity index (χ3n) is 3.24. The second-order valence-corrected chi connectivity index (χ2v) is 4.79. The Balaban J connectivity index is 2.65. The predicted octanol–water partition coefficient (Wildman–Crippen LogP) is 2.34. The molecule has 1 aromatic carbocycles. The third kappa shape index (κ3) is 4.57. The molecule has 0 aromatic heterocycles. The van der Waals surface area contributed by atoms with Gasteiger partial charge in [-0.25, -0.2) is 4.79 Å². The van der Waals surface area contributed by atoms with E-state index in [-0.39, 0.29) is 19.0 Å². The number of carbonyl (C=O) groups excluding carboxylic acids is 1. The lowest BCUT2D eigenvalue weighted by atomic mass is 10.1. The number of urea groups is 1. The van der Waals surface area contributed by atoms with Crippen LogP contribution in [0.1, 0.15) is 24.5 Å². The molecule has 0 aliphatic heterocycles. The van der Waals surface area contributed by atoms with Crippen molar-refractivity contribution in [3.8, 4) is 0 Å². The first kappa shape index (κ1) is 16.0. The predicted molar refractivity (Wildman–Crippen MR) is 77.5 cm³/mol. The number of nitrogens with zero attached hydrogens (tertiary/aromatic N) is 2. The van der Waals surface area contributed by atoms with Crippen LogP contribution in [0.2, 0.25) is 0 Å². The van der Waals surface area contributed by atoms with Gasteiger partial charge in [0.2, 0.25) is 0 Å². The molecule has 0 bridgehead atoms. The smallest absolute Gasteiger partial charge is 0.320 e. The summed E-state index contributed by atoms with van der Waals surface area (Å²) >= 11 is 0. The zero-order valence-corrected chi connectivity index (χ0v) is 12.3. The van der Waals surface area contributed by atoms with Gasteiger partial charge in [-0.15, -0.1) is 0 Å². The Labute approximate surface area is 119 Å². The summed E-state index contributed by atoms with van der Waals surface area (Å²) in [4.78, 5) is 26.0. The highest BCUT2D eigenvalue weighted by Crippen LogP contribution is 2.11. The average Bonchev–Trinajstić information content (AvgIpc) is 2.41. The van der Waals surface area contributed by atoms with Crippen molar-refractivity contribution in [3.63, 3.8) is 0 Å². The summed E-state index contributed by atoms with van der Waals surface area (Å²) in [5.41, 5.74) is 2.23. The van der Waals surface area contributed by atoms with Gasteiger partial charge in [-0.2, -0.15) is 0 Å². The minimum absolute atomic E-state index is 0.0300. The molecule has 0 aliphatic rings. The van der Waals surface area contributed by atoms with Crippen molar-refractivity contribution in [2.45, 2.75) is 26.8 Å². The molecule has 20 heavy (non-hydrogen) atoms. The van der Waals surface area contributed by atoms with Gasteiger partial charge in [-0.1, -0.05) is 24.3 Å². The summed E-state index contributed by atoms with van der Waals surface area (Å²) in [5, 5.41) is 8.70. The first-order valence-corrected chi connectivity index (χ1v) is 6.72. The quantitative estimate of drug-likeness (QED) is 0.869. The fourth-order valence-corrected chi connectivity index (χ4v) is 1.97. The first-order valence-electron chi connectivity index (χ1n) is 6.72. The van der Waals surface area contributed by atoms with E-state index in [1.54, 1.807) is 16.8 Å². The number of benzene rings is 1. The minimum atomic E-state index is -0.891. The molecule has 1 N–H and O–H groups in total. The van der Waals surface area contributed by atoms with Crippen molar-refractivity contribution < 1.29 is 14.7 Å². The van der Waals surface area contributed by atoms with E-state index in [2.05, 4.69) is 0 Å². The molecule has 5 nitrogen and oxygen atoms in total. The van der Waals surface area contributed by atoms with Gasteiger partial charge < -0.3 is 14.9 Å². The molecule has 0 fully saturated rings. The normalized spacial score (nSPS) is 10.2. The molecular formula is C15H22N2O3. The highest BCUT2D eigenvalue weighted by atomic mass is 16.4. The number of aliphatic carboxylic acids is 1. The number of aryl methyl sites for hydroxylation is 1. The Morgan fingerprint density at radius 3 is 2.45 bits per heavy atom. The lowest BCUT2D eigenvalue weighted by Gasteiger charge is -2.27. The highest BCUT2D eigenvalue weighted by molar-refractivity contribution is 5.75. The van der Waals surface area contributed by atoms with E-state index >= 15 is 0 Å². The standard InChI is InChI=1S/C15H22N2O3/c1-4-17(10-9-14(18)19)15(20)16(3)11-13-8-6-5-7-12(13)2/h5-8H,4,9-11H2,1-3H3,(H,18,19). The summed E-state index contributed by atoms with van der Waals surface area (Å²) in [6, 6.07) is 7.77. The zero-order chi connectivity index (χ0) is 15.1. The maximum Gasteiger partial charge on any atom is 0.320 e.